The van der Waals surface area contributed by atoms with Crippen molar-refractivity contribution in [3.05, 3.63) is 23.5 Å². The van der Waals surface area contributed by atoms with E-state index in [9.17, 15) is 4.79 Å². The Morgan fingerprint density at radius 3 is 2.77 bits per heavy atom. The molecule has 118 valence electrons. The summed E-state index contributed by atoms with van der Waals surface area (Å²) in [5.74, 6) is -0.318. The Morgan fingerprint density at radius 2 is 2.09 bits per heavy atom. The lowest BCUT2D eigenvalue weighted by Crippen LogP contribution is -2.35. The first-order valence-electron chi connectivity index (χ1n) is 7.36. The predicted octanol–water partition coefficient (Wildman–Crippen LogP) is 2.66. The second kappa shape index (κ2) is 6.58. The Balaban J connectivity index is 1.69. The number of carbonyl (C=O) groups excluding carboxylic acids is 1. The third kappa shape index (κ3) is 3.20. The highest BCUT2D eigenvalue weighted by Crippen LogP contribution is 2.28. The van der Waals surface area contributed by atoms with Gasteiger partial charge in [-0.05, 0) is 19.3 Å². The monoisotopic (exact) mass is 321 g/mol. The number of rotatable bonds is 4. The molecule has 2 aromatic heterocycles. The smallest absolute Gasteiger partial charge is 0.350 e. The fourth-order valence-electron chi connectivity index (χ4n) is 2.70. The molecule has 1 saturated carbocycles. The van der Waals surface area contributed by atoms with E-state index in [0.717, 1.165) is 36.3 Å². The van der Waals surface area contributed by atoms with Crippen LogP contribution in [0.4, 0.5) is 0 Å². The van der Waals surface area contributed by atoms with E-state index < -0.39 is 0 Å². The van der Waals surface area contributed by atoms with Crippen LogP contribution in [0.5, 0.6) is 0 Å². The third-order valence-electron chi connectivity index (χ3n) is 3.86. The molecule has 0 spiro atoms. The second-order valence-corrected chi connectivity index (χ2v) is 6.47. The van der Waals surface area contributed by atoms with Gasteiger partial charge in [-0.25, -0.2) is 9.78 Å². The average molecular weight is 321 g/mol. The molecule has 0 amide bonds. The van der Waals surface area contributed by atoms with Crippen LogP contribution < -0.4 is 0 Å². The Kier molecular flexibility index (Phi) is 4.54. The van der Waals surface area contributed by atoms with Crippen LogP contribution in [-0.2, 0) is 16.5 Å². The molecule has 0 N–H and O–H groups in total. The molecule has 22 heavy (non-hydrogen) atoms. The molecule has 2 aromatic rings. The highest BCUT2D eigenvalue weighted by molar-refractivity contribution is 7.16. The zero-order valence-electron chi connectivity index (χ0n) is 12.7. The van der Waals surface area contributed by atoms with Gasteiger partial charge >= 0.3 is 5.97 Å². The molecule has 1 aliphatic rings. The van der Waals surface area contributed by atoms with E-state index >= 15 is 0 Å². The molecule has 0 saturated heterocycles. The van der Waals surface area contributed by atoms with E-state index in [1.165, 1.54) is 11.3 Å². The summed E-state index contributed by atoms with van der Waals surface area (Å²) in [5, 5.41) is 4.88. The minimum atomic E-state index is -0.318. The van der Waals surface area contributed by atoms with Gasteiger partial charge in [0.1, 0.15) is 16.0 Å². The molecule has 1 fully saturated rings. The van der Waals surface area contributed by atoms with Gasteiger partial charge in [0.25, 0.3) is 0 Å². The third-order valence-corrected chi connectivity index (χ3v) is 4.89. The second-order valence-electron chi connectivity index (χ2n) is 5.43. The van der Waals surface area contributed by atoms with Crippen molar-refractivity contribution in [3.8, 4) is 10.6 Å². The van der Waals surface area contributed by atoms with Crippen molar-refractivity contribution in [2.75, 3.05) is 7.11 Å². The van der Waals surface area contributed by atoms with Gasteiger partial charge in [0.2, 0.25) is 0 Å². The van der Waals surface area contributed by atoms with Crippen LogP contribution in [0.25, 0.3) is 10.6 Å². The molecule has 2 heterocycles. The Bertz CT molecular complexity index is 652. The highest BCUT2D eigenvalue weighted by atomic mass is 32.1. The van der Waals surface area contributed by atoms with Gasteiger partial charge in [0.15, 0.2) is 0 Å². The lowest BCUT2D eigenvalue weighted by molar-refractivity contribution is -0.0536. The summed E-state index contributed by atoms with van der Waals surface area (Å²) in [6.45, 7) is 0. The molecule has 0 aliphatic heterocycles. The summed E-state index contributed by atoms with van der Waals surface area (Å²) < 4.78 is 12.7. The van der Waals surface area contributed by atoms with Gasteiger partial charge in [-0.2, -0.15) is 5.10 Å². The van der Waals surface area contributed by atoms with Crippen molar-refractivity contribution in [2.24, 2.45) is 7.05 Å². The van der Waals surface area contributed by atoms with Crippen LogP contribution in [0.2, 0.25) is 0 Å². The fraction of sp³-hybridized carbons (Fsp3) is 0.533. The van der Waals surface area contributed by atoms with E-state index in [0.29, 0.717) is 4.88 Å². The maximum absolute atomic E-state index is 12.3. The average Bonchev–Trinajstić information content (AvgIpc) is 3.16. The maximum Gasteiger partial charge on any atom is 0.350 e. The molecule has 0 unspecified atom stereocenters. The van der Waals surface area contributed by atoms with Crippen molar-refractivity contribution in [3.63, 3.8) is 0 Å². The molecule has 3 rings (SSSR count). The summed E-state index contributed by atoms with van der Waals surface area (Å²) in [7, 11) is 3.52. The number of hydrogen-bond acceptors (Lipinski definition) is 6. The summed E-state index contributed by atoms with van der Waals surface area (Å²) in [6, 6.07) is 0. The lowest BCUT2D eigenvalue weighted by Gasteiger charge is -2.29. The zero-order chi connectivity index (χ0) is 15.5. The maximum atomic E-state index is 12.3. The Morgan fingerprint density at radius 1 is 1.32 bits per heavy atom. The highest BCUT2D eigenvalue weighted by Gasteiger charge is 2.29. The first-order chi connectivity index (χ1) is 10.7. The topological polar surface area (TPSA) is 66.2 Å². The van der Waals surface area contributed by atoms with Gasteiger partial charge in [0.05, 0.1) is 18.5 Å². The number of hydrogen-bond donors (Lipinski definition) is 0. The summed E-state index contributed by atoms with van der Waals surface area (Å²) in [6.07, 6.45) is 9.01. The van der Waals surface area contributed by atoms with E-state index in [2.05, 4.69) is 10.1 Å². The lowest BCUT2D eigenvalue weighted by atomic mass is 9.94. The molecule has 0 radical (unpaired) electrons. The van der Waals surface area contributed by atoms with E-state index in [4.69, 9.17) is 9.47 Å². The molecule has 7 heteroatoms. The molecule has 2 atom stereocenters. The van der Waals surface area contributed by atoms with Crippen LogP contribution in [0, 0.1) is 0 Å². The van der Waals surface area contributed by atoms with Gasteiger partial charge in [-0.1, -0.05) is 6.42 Å². The summed E-state index contributed by atoms with van der Waals surface area (Å²) in [5.41, 5.74) is 0.902. The number of aryl methyl sites for hydroxylation is 1. The van der Waals surface area contributed by atoms with Crippen molar-refractivity contribution in [1.82, 2.24) is 14.8 Å². The number of carbonyl (C=O) groups is 1. The molecular weight excluding hydrogens is 302 g/mol. The van der Waals surface area contributed by atoms with Crippen LogP contribution >= 0.6 is 11.3 Å². The first-order valence-corrected chi connectivity index (χ1v) is 8.17. The van der Waals surface area contributed by atoms with E-state index in [1.54, 1.807) is 24.2 Å². The molecular formula is C15H19N3O3S. The van der Waals surface area contributed by atoms with Crippen LogP contribution in [0.15, 0.2) is 18.6 Å². The van der Waals surface area contributed by atoms with Gasteiger partial charge < -0.3 is 9.47 Å². The normalized spacial score (nSPS) is 21.7. The van der Waals surface area contributed by atoms with Gasteiger partial charge in [-0.3, -0.25) is 4.68 Å². The van der Waals surface area contributed by atoms with Crippen molar-refractivity contribution in [1.29, 1.82) is 0 Å². The number of thiazole rings is 1. The number of aromatic nitrogens is 3. The largest absolute Gasteiger partial charge is 0.455 e. The van der Waals surface area contributed by atoms with Gasteiger partial charge in [-0.15, -0.1) is 11.3 Å². The van der Waals surface area contributed by atoms with E-state index in [-0.39, 0.29) is 18.2 Å². The van der Waals surface area contributed by atoms with Gasteiger partial charge in [0, 0.05) is 25.9 Å². The quantitative estimate of drug-likeness (QED) is 0.810. The predicted molar refractivity (Wildman–Crippen MR) is 82.8 cm³/mol. The standard InChI is InChI=1S/C15H19N3O3S/c1-18-9-10(7-17-18)14-16-8-13(22-14)15(19)21-12-6-4-3-5-11(12)20-2/h7-9,11-12H,3-6H2,1-2H3/t11-,12+/m0/s1. The minimum absolute atomic E-state index is 0.00316. The molecule has 0 bridgehead atoms. The number of nitrogens with zero attached hydrogens (tertiary/aromatic N) is 3. The number of ether oxygens (including phenoxy) is 2. The minimum Gasteiger partial charge on any atom is -0.455 e. The van der Waals surface area contributed by atoms with Crippen molar-refractivity contribution >= 4 is 17.3 Å². The SMILES string of the molecule is CO[C@H]1CCCC[C@H]1OC(=O)c1cnc(-c2cnn(C)c2)s1. The van der Waals surface area contributed by atoms with E-state index in [1.807, 2.05) is 13.2 Å². The Labute approximate surface area is 133 Å². The molecule has 1 aliphatic carbocycles. The van der Waals surface area contributed by atoms with Crippen LogP contribution in [0.1, 0.15) is 35.4 Å². The van der Waals surface area contributed by atoms with Crippen molar-refractivity contribution in [2.45, 2.75) is 37.9 Å². The zero-order valence-corrected chi connectivity index (χ0v) is 13.5. The summed E-state index contributed by atoms with van der Waals surface area (Å²) in [4.78, 5) is 17.1. The first kappa shape index (κ1) is 15.2. The van der Waals surface area contributed by atoms with Crippen LogP contribution in [-0.4, -0.2) is 40.1 Å². The van der Waals surface area contributed by atoms with Crippen molar-refractivity contribution < 1.29 is 14.3 Å². The molecule has 6 nitrogen and oxygen atoms in total. The summed E-state index contributed by atoms with van der Waals surface area (Å²) >= 11 is 1.33. The number of esters is 1. The fourth-order valence-corrected chi connectivity index (χ4v) is 3.47. The van der Waals surface area contributed by atoms with Crippen LogP contribution in [0.3, 0.4) is 0 Å². The number of methoxy groups -OCH3 is 1. The molecule has 0 aromatic carbocycles. The Hall–Kier alpha value is -1.73.